The highest BCUT2D eigenvalue weighted by molar-refractivity contribution is 8.01. The van der Waals surface area contributed by atoms with E-state index in [-0.39, 0.29) is 11.7 Å². The van der Waals surface area contributed by atoms with Gasteiger partial charge in [0.05, 0.1) is 22.8 Å². The number of rotatable bonds is 6. The van der Waals surface area contributed by atoms with Crippen LogP contribution in [0.2, 0.25) is 0 Å². The maximum absolute atomic E-state index is 12.0. The van der Waals surface area contributed by atoms with Gasteiger partial charge in [-0.1, -0.05) is 17.7 Å². The lowest BCUT2D eigenvalue weighted by Crippen LogP contribution is -2.45. The van der Waals surface area contributed by atoms with Gasteiger partial charge in [0.1, 0.15) is 5.76 Å². The largest absolute Gasteiger partial charge is 0.469 e. The lowest BCUT2D eigenvalue weighted by molar-refractivity contribution is -0.121. The first-order chi connectivity index (χ1) is 12.4. The van der Waals surface area contributed by atoms with Crippen LogP contribution in [0.3, 0.4) is 0 Å². The molecule has 2 aromatic rings. The van der Waals surface area contributed by atoms with E-state index in [2.05, 4.69) is 16.2 Å². The molecule has 2 rings (SSSR count). The molecule has 1 heterocycles. The third-order valence-corrected chi connectivity index (χ3v) is 4.71. The molecule has 0 aliphatic heterocycles. The summed E-state index contributed by atoms with van der Waals surface area (Å²) in [5.41, 5.74) is 6.84. The van der Waals surface area contributed by atoms with Crippen LogP contribution in [-0.2, 0) is 9.59 Å². The Bertz CT molecular complexity index is 786. The molecular weight excluding hydrogens is 354 g/mol. The van der Waals surface area contributed by atoms with Gasteiger partial charge in [-0.15, -0.1) is 11.8 Å². The minimum absolute atomic E-state index is 0.122. The Morgan fingerprint density at radius 1 is 1.08 bits per heavy atom. The molecule has 0 spiro atoms. The summed E-state index contributed by atoms with van der Waals surface area (Å²) in [6, 6.07) is 8.97. The lowest BCUT2D eigenvalue weighted by Gasteiger charge is -2.12. The third-order valence-electron chi connectivity index (χ3n) is 3.57. The minimum atomic E-state index is -0.510. The number of amides is 3. The van der Waals surface area contributed by atoms with Gasteiger partial charge in [-0.25, -0.2) is 0 Å². The summed E-state index contributed by atoms with van der Waals surface area (Å²) in [6.45, 7) is 5.28. The SMILES string of the molecule is Cc1ccc(NC(=O)CSC(C)C(=O)NNC(=O)c2ccoc2C)cc1. The van der Waals surface area contributed by atoms with Crippen LogP contribution >= 0.6 is 11.8 Å². The van der Waals surface area contributed by atoms with Crippen molar-refractivity contribution in [3.05, 3.63) is 53.5 Å². The Kier molecular flexibility index (Phi) is 6.85. The fourth-order valence-electron chi connectivity index (χ4n) is 2.02. The predicted octanol–water partition coefficient (Wildman–Crippen LogP) is 2.42. The average molecular weight is 375 g/mol. The Morgan fingerprint density at radius 2 is 1.77 bits per heavy atom. The van der Waals surface area contributed by atoms with Crippen molar-refractivity contribution in [1.82, 2.24) is 10.9 Å². The molecule has 1 unspecified atom stereocenters. The van der Waals surface area contributed by atoms with E-state index in [0.29, 0.717) is 17.0 Å². The number of nitrogens with one attached hydrogen (secondary N) is 3. The fourth-order valence-corrected chi connectivity index (χ4v) is 2.70. The van der Waals surface area contributed by atoms with Gasteiger partial charge in [0.25, 0.3) is 11.8 Å². The van der Waals surface area contributed by atoms with Crippen LogP contribution in [0.1, 0.15) is 28.6 Å². The molecule has 138 valence electrons. The number of carbonyl (C=O) groups is 3. The van der Waals surface area contributed by atoms with E-state index in [1.807, 2.05) is 31.2 Å². The van der Waals surface area contributed by atoms with E-state index >= 15 is 0 Å². The second kappa shape index (κ2) is 9.10. The van der Waals surface area contributed by atoms with Crippen molar-refractivity contribution in [3.8, 4) is 0 Å². The van der Waals surface area contributed by atoms with Gasteiger partial charge < -0.3 is 9.73 Å². The first-order valence-corrected chi connectivity index (χ1v) is 9.04. The molecule has 0 saturated heterocycles. The van der Waals surface area contributed by atoms with Crippen molar-refractivity contribution in [2.24, 2.45) is 0 Å². The predicted molar refractivity (Wildman–Crippen MR) is 101 cm³/mol. The molecule has 0 aliphatic carbocycles. The van der Waals surface area contributed by atoms with Crippen LogP contribution in [0.25, 0.3) is 0 Å². The highest BCUT2D eigenvalue weighted by atomic mass is 32.2. The molecule has 1 atom stereocenters. The fraction of sp³-hybridized carbons (Fsp3) is 0.278. The third kappa shape index (κ3) is 5.66. The second-order valence-electron chi connectivity index (χ2n) is 5.70. The second-order valence-corrected chi connectivity index (χ2v) is 7.03. The normalized spacial score (nSPS) is 11.5. The Balaban J connectivity index is 1.72. The summed E-state index contributed by atoms with van der Waals surface area (Å²) in [7, 11) is 0. The number of hydrogen-bond donors (Lipinski definition) is 3. The molecular formula is C18H21N3O4S. The number of hydrazine groups is 1. The van der Waals surface area contributed by atoms with E-state index in [9.17, 15) is 14.4 Å². The number of hydrogen-bond acceptors (Lipinski definition) is 5. The van der Waals surface area contributed by atoms with E-state index < -0.39 is 17.1 Å². The molecule has 7 nitrogen and oxygen atoms in total. The number of anilines is 1. The van der Waals surface area contributed by atoms with Crippen LogP contribution in [0.4, 0.5) is 5.69 Å². The van der Waals surface area contributed by atoms with Crippen LogP contribution in [0.5, 0.6) is 0 Å². The van der Waals surface area contributed by atoms with Crippen LogP contribution in [-0.4, -0.2) is 28.7 Å². The Labute approximate surface area is 155 Å². The van der Waals surface area contributed by atoms with Gasteiger partial charge in [0.2, 0.25) is 5.91 Å². The molecule has 8 heteroatoms. The van der Waals surface area contributed by atoms with Gasteiger partial charge in [0, 0.05) is 5.69 Å². The Morgan fingerprint density at radius 3 is 2.38 bits per heavy atom. The zero-order valence-corrected chi connectivity index (χ0v) is 15.6. The van der Waals surface area contributed by atoms with Gasteiger partial charge in [-0.2, -0.15) is 0 Å². The molecule has 26 heavy (non-hydrogen) atoms. The first-order valence-electron chi connectivity index (χ1n) is 7.99. The van der Waals surface area contributed by atoms with Crippen LogP contribution in [0.15, 0.2) is 41.0 Å². The minimum Gasteiger partial charge on any atom is -0.469 e. The molecule has 1 aromatic heterocycles. The van der Waals surface area contributed by atoms with Crippen molar-refractivity contribution in [1.29, 1.82) is 0 Å². The smallest absolute Gasteiger partial charge is 0.273 e. The highest BCUT2D eigenvalue weighted by Crippen LogP contribution is 2.13. The molecule has 3 N–H and O–H groups in total. The molecule has 1 aromatic carbocycles. The summed E-state index contributed by atoms with van der Waals surface area (Å²) in [4.78, 5) is 35.8. The quantitative estimate of drug-likeness (QED) is 0.673. The highest BCUT2D eigenvalue weighted by Gasteiger charge is 2.17. The maximum atomic E-state index is 12.0. The number of benzene rings is 1. The van der Waals surface area contributed by atoms with Gasteiger partial charge in [-0.05, 0) is 39.0 Å². The molecule has 0 radical (unpaired) electrons. The standard InChI is InChI=1S/C18H21N3O4S/c1-11-4-6-14(7-5-11)19-16(22)10-26-13(3)17(23)20-21-18(24)15-8-9-25-12(15)2/h4-9,13H,10H2,1-3H3,(H,19,22)(H,20,23)(H,21,24). The van der Waals surface area contributed by atoms with Crippen LogP contribution in [0, 0.1) is 13.8 Å². The van der Waals surface area contributed by atoms with Gasteiger partial charge in [-0.3, -0.25) is 25.2 Å². The molecule has 0 fully saturated rings. The van der Waals surface area contributed by atoms with Gasteiger partial charge in [0.15, 0.2) is 0 Å². The monoisotopic (exact) mass is 375 g/mol. The Hall–Kier alpha value is -2.74. The topological polar surface area (TPSA) is 100 Å². The van der Waals surface area contributed by atoms with Crippen molar-refractivity contribution in [2.45, 2.75) is 26.0 Å². The van der Waals surface area contributed by atoms with Gasteiger partial charge >= 0.3 is 0 Å². The number of thioether (sulfide) groups is 1. The van der Waals surface area contributed by atoms with E-state index in [1.54, 1.807) is 13.8 Å². The first kappa shape index (κ1) is 19.6. The average Bonchev–Trinajstić information content (AvgIpc) is 3.05. The van der Waals surface area contributed by atoms with E-state index in [1.165, 1.54) is 24.1 Å². The molecule has 3 amide bonds. The number of aryl methyl sites for hydroxylation is 2. The summed E-state index contributed by atoms with van der Waals surface area (Å²) < 4.78 is 5.04. The van der Waals surface area contributed by atoms with Crippen molar-refractivity contribution >= 4 is 35.2 Å². The molecule has 0 saturated carbocycles. The number of carbonyl (C=O) groups excluding carboxylic acids is 3. The molecule has 0 bridgehead atoms. The summed E-state index contributed by atoms with van der Waals surface area (Å²) in [6.07, 6.45) is 1.40. The van der Waals surface area contributed by atoms with Crippen LogP contribution < -0.4 is 16.2 Å². The zero-order chi connectivity index (χ0) is 19.1. The van der Waals surface area contributed by atoms with Crippen molar-refractivity contribution < 1.29 is 18.8 Å². The lowest BCUT2D eigenvalue weighted by atomic mass is 10.2. The molecule has 0 aliphatic rings. The van der Waals surface area contributed by atoms with Crippen molar-refractivity contribution in [2.75, 3.05) is 11.1 Å². The van der Waals surface area contributed by atoms with E-state index in [4.69, 9.17) is 4.42 Å². The zero-order valence-electron chi connectivity index (χ0n) is 14.8. The summed E-state index contributed by atoms with van der Waals surface area (Å²) in [5.74, 6) is -0.466. The summed E-state index contributed by atoms with van der Waals surface area (Å²) >= 11 is 1.17. The maximum Gasteiger partial charge on any atom is 0.273 e. The number of furan rings is 1. The van der Waals surface area contributed by atoms with E-state index in [0.717, 1.165) is 5.56 Å². The summed E-state index contributed by atoms with van der Waals surface area (Å²) in [5, 5.41) is 2.26. The van der Waals surface area contributed by atoms with Crippen molar-refractivity contribution in [3.63, 3.8) is 0 Å².